The van der Waals surface area contributed by atoms with Crippen molar-refractivity contribution in [1.82, 2.24) is 4.31 Å². The van der Waals surface area contributed by atoms with Crippen LogP contribution in [0.15, 0.2) is 72.1 Å². The summed E-state index contributed by atoms with van der Waals surface area (Å²) in [7, 11) is 2.08. The number of halogens is 1. The number of rotatable bonds is 5. The van der Waals surface area contributed by atoms with E-state index >= 15 is 0 Å². The number of benzene rings is 2. The molecule has 1 aliphatic rings. The molecule has 0 spiro atoms. The Morgan fingerprint density at radius 1 is 1.32 bits per heavy atom. The maximum atomic E-state index is 11.4. The molecule has 3 aromatic carbocycles. The molecule has 1 N–H and O–H groups in total. The average Bonchev–Trinajstić information content (AvgIpc) is 2.90. The summed E-state index contributed by atoms with van der Waals surface area (Å²) < 4.78 is 2.24. The van der Waals surface area contributed by atoms with Gasteiger partial charge >= 0.3 is 5.97 Å². The van der Waals surface area contributed by atoms with Crippen molar-refractivity contribution in [1.29, 1.82) is 0 Å². The van der Waals surface area contributed by atoms with Gasteiger partial charge < -0.3 is 10.0 Å². The second-order valence-electron chi connectivity index (χ2n) is 7.29. The second kappa shape index (κ2) is 9.07. The van der Waals surface area contributed by atoms with Crippen LogP contribution in [0.25, 0.3) is 11.1 Å². The molecule has 1 atom stereocenters. The van der Waals surface area contributed by atoms with Crippen molar-refractivity contribution in [2.75, 3.05) is 18.5 Å². The molecule has 0 saturated heterocycles. The van der Waals surface area contributed by atoms with Gasteiger partial charge in [0.1, 0.15) is 5.56 Å². The Labute approximate surface area is 191 Å². The number of hydrogen-bond donors (Lipinski definition) is 1. The fourth-order valence-electron chi connectivity index (χ4n) is 3.67. The Morgan fingerprint density at radius 3 is 2.81 bits per heavy atom. The van der Waals surface area contributed by atoms with Crippen LogP contribution in [0.4, 0.5) is 11.4 Å². The van der Waals surface area contributed by atoms with E-state index in [4.69, 9.17) is 11.6 Å². The normalized spacial score (nSPS) is 16.2. The zero-order chi connectivity index (χ0) is 22.0. The highest BCUT2D eigenvalue weighted by Crippen LogP contribution is 2.45. The number of fused-ring (bicyclic) bond motifs is 1. The van der Waals surface area contributed by atoms with Crippen LogP contribution in [-0.4, -0.2) is 35.0 Å². The standard InChI is InChI=1S/C25H21ClN2O2S/c1-3-8-20-16-28(19-11-5-4-6-12-19)23-15-22(26)21(14-24(23)31-27(20)2)17-9-7-10-18(13-17)25(29)30/h3-6,9,11-15,20H,1,8,16H2,2H3,(H,29,30)/t20-/m0/s1. The second-order valence-corrected chi connectivity index (χ2v) is 8.90. The fraction of sp³-hybridized carbons (Fsp3) is 0.160. The molecule has 1 aliphatic heterocycles. The lowest BCUT2D eigenvalue weighted by Crippen LogP contribution is -2.35. The molecule has 0 saturated carbocycles. The van der Waals surface area contributed by atoms with Crippen molar-refractivity contribution in [3.8, 4) is 11.1 Å². The van der Waals surface area contributed by atoms with Crippen LogP contribution in [0.1, 0.15) is 16.8 Å². The first kappa shape index (κ1) is 21.3. The average molecular weight is 449 g/mol. The predicted molar refractivity (Wildman–Crippen MR) is 127 cm³/mol. The molecule has 31 heavy (non-hydrogen) atoms. The number of likely N-dealkylation sites (N-methyl/N-ethyl adjacent to an activating group) is 1. The Kier molecular flexibility index (Phi) is 6.24. The number of aromatic carboxylic acids is 1. The lowest BCUT2D eigenvalue weighted by atomic mass is 10.0. The summed E-state index contributed by atoms with van der Waals surface area (Å²) in [5, 5.41) is 9.88. The number of carboxylic acid groups (broad SMARTS) is 1. The van der Waals surface area contributed by atoms with Gasteiger partial charge in [-0.1, -0.05) is 48.0 Å². The Bertz CT molecular complexity index is 1120. The largest absolute Gasteiger partial charge is 0.477 e. The van der Waals surface area contributed by atoms with Crippen LogP contribution in [0.5, 0.6) is 0 Å². The molecule has 0 radical (unpaired) electrons. The van der Waals surface area contributed by atoms with Crippen LogP contribution in [0, 0.1) is 12.1 Å². The van der Waals surface area contributed by atoms with E-state index in [1.807, 2.05) is 36.4 Å². The SMILES string of the molecule is C=CC[C@H]1CN(c2ccccc2)c2cc(Cl)c(-c3cc#cc(C(=O)O)c3)cc2SN1C. The first-order valence-electron chi connectivity index (χ1n) is 9.83. The van der Waals surface area contributed by atoms with E-state index in [1.165, 1.54) is 0 Å². The minimum absolute atomic E-state index is 0.0604. The van der Waals surface area contributed by atoms with Gasteiger partial charge in [-0.05, 0) is 67.4 Å². The summed E-state index contributed by atoms with van der Waals surface area (Å²) in [5.41, 5.74) is 3.64. The molecule has 4 nitrogen and oxygen atoms in total. The van der Waals surface area contributed by atoms with E-state index < -0.39 is 5.97 Å². The van der Waals surface area contributed by atoms with E-state index in [0.717, 1.165) is 34.8 Å². The third kappa shape index (κ3) is 4.42. The quantitative estimate of drug-likeness (QED) is 0.364. The number of para-hydroxylation sites is 1. The van der Waals surface area contributed by atoms with Crippen molar-refractivity contribution >= 4 is 40.9 Å². The molecule has 1 heterocycles. The zero-order valence-electron chi connectivity index (χ0n) is 17.0. The fourth-order valence-corrected chi connectivity index (χ4v) is 4.98. The predicted octanol–water partition coefficient (Wildman–Crippen LogP) is 6.34. The van der Waals surface area contributed by atoms with Crippen LogP contribution in [-0.2, 0) is 0 Å². The van der Waals surface area contributed by atoms with Crippen molar-refractivity contribution in [3.63, 3.8) is 0 Å². The molecule has 6 heteroatoms. The molecular weight excluding hydrogens is 428 g/mol. The number of carboxylic acids is 1. The van der Waals surface area contributed by atoms with Crippen molar-refractivity contribution in [2.24, 2.45) is 0 Å². The molecular formula is C25H21ClN2O2S. The van der Waals surface area contributed by atoms with E-state index in [0.29, 0.717) is 10.6 Å². The summed E-state index contributed by atoms with van der Waals surface area (Å²) in [6.45, 7) is 4.72. The first-order chi connectivity index (χ1) is 15.0. The van der Waals surface area contributed by atoms with Gasteiger partial charge in [0.15, 0.2) is 0 Å². The molecule has 0 aliphatic carbocycles. The van der Waals surface area contributed by atoms with Gasteiger partial charge in [-0.25, -0.2) is 9.10 Å². The van der Waals surface area contributed by atoms with Gasteiger partial charge in [-0.2, -0.15) is 0 Å². The number of carbonyl (C=O) groups is 1. The minimum atomic E-state index is -1.04. The van der Waals surface area contributed by atoms with Crippen molar-refractivity contribution in [2.45, 2.75) is 17.4 Å². The van der Waals surface area contributed by atoms with Crippen LogP contribution in [0.2, 0.25) is 5.02 Å². The molecule has 0 aromatic heterocycles. The maximum Gasteiger partial charge on any atom is 0.344 e. The molecule has 156 valence electrons. The Balaban J connectivity index is 1.85. The van der Waals surface area contributed by atoms with E-state index in [-0.39, 0.29) is 11.6 Å². The van der Waals surface area contributed by atoms with Gasteiger partial charge in [0.05, 0.1) is 10.7 Å². The van der Waals surface area contributed by atoms with Gasteiger partial charge in [0.25, 0.3) is 0 Å². The van der Waals surface area contributed by atoms with Gasteiger partial charge in [0, 0.05) is 28.7 Å². The summed E-state index contributed by atoms with van der Waals surface area (Å²) in [6, 6.07) is 23.2. The zero-order valence-corrected chi connectivity index (χ0v) is 18.6. The number of hydrogen-bond acceptors (Lipinski definition) is 4. The monoisotopic (exact) mass is 448 g/mol. The highest BCUT2D eigenvalue weighted by Gasteiger charge is 2.28. The summed E-state index contributed by atoms with van der Waals surface area (Å²) in [5.74, 6) is -1.04. The summed E-state index contributed by atoms with van der Waals surface area (Å²) >= 11 is 8.39. The van der Waals surface area contributed by atoms with E-state index in [1.54, 1.807) is 24.1 Å². The maximum absolute atomic E-state index is 11.4. The molecule has 0 amide bonds. The molecule has 3 aromatic rings. The number of nitrogens with zero attached hydrogens (tertiary/aromatic N) is 2. The third-order valence-corrected chi connectivity index (χ3v) is 6.69. The highest BCUT2D eigenvalue weighted by atomic mass is 35.5. The van der Waals surface area contributed by atoms with Gasteiger partial charge in [0.2, 0.25) is 0 Å². The van der Waals surface area contributed by atoms with Gasteiger partial charge in [-0.3, -0.25) is 0 Å². The van der Waals surface area contributed by atoms with Gasteiger partial charge in [-0.15, -0.1) is 6.58 Å². The molecule has 0 fully saturated rings. The lowest BCUT2D eigenvalue weighted by Gasteiger charge is -2.29. The molecule has 0 bridgehead atoms. The first-order valence-corrected chi connectivity index (χ1v) is 11.0. The van der Waals surface area contributed by atoms with Crippen molar-refractivity contribution in [3.05, 3.63) is 90.0 Å². The Morgan fingerprint density at radius 2 is 2.10 bits per heavy atom. The van der Waals surface area contributed by atoms with Crippen LogP contribution in [0.3, 0.4) is 0 Å². The number of anilines is 2. The molecule has 0 unspecified atom stereocenters. The Hall–Kier alpha value is -2.91. The summed E-state index contributed by atoms with van der Waals surface area (Å²) in [6.07, 6.45) is 2.80. The van der Waals surface area contributed by atoms with E-state index in [2.05, 4.69) is 47.1 Å². The van der Waals surface area contributed by atoms with Crippen LogP contribution >= 0.6 is 23.5 Å². The lowest BCUT2D eigenvalue weighted by molar-refractivity contribution is 0.0697. The smallest absolute Gasteiger partial charge is 0.344 e. The minimum Gasteiger partial charge on any atom is -0.477 e. The van der Waals surface area contributed by atoms with E-state index in [9.17, 15) is 9.90 Å². The summed E-state index contributed by atoms with van der Waals surface area (Å²) in [4.78, 5) is 14.7. The third-order valence-electron chi connectivity index (χ3n) is 5.27. The molecule has 4 rings (SSSR count). The highest BCUT2D eigenvalue weighted by molar-refractivity contribution is 7.97. The van der Waals surface area contributed by atoms with Crippen LogP contribution < -0.4 is 4.90 Å². The van der Waals surface area contributed by atoms with Crippen molar-refractivity contribution < 1.29 is 9.90 Å². The topological polar surface area (TPSA) is 43.8 Å².